The lowest BCUT2D eigenvalue weighted by Crippen LogP contribution is -2.24. The van der Waals surface area contributed by atoms with Crippen molar-refractivity contribution in [2.45, 2.75) is 39.4 Å². The van der Waals surface area contributed by atoms with E-state index in [1.807, 2.05) is 4.90 Å². The lowest BCUT2D eigenvalue weighted by Gasteiger charge is -2.23. The predicted octanol–water partition coefficient (Wildman–Crippen LogP) is 3.67. The summed E-state index contributed by atoms with van der Waals surface area (Å²) in [4.78, 5) is 24.9. The number of hydrogen-bond donors (Lipinski definition) is 1. The van der Waals surface area contributed by atoms with Gasteiger partial charge in [0.1, 0.15) is 17.9 Å². The Labute approximate surface area is 164 Å². The van der Waals surface area contributed by atoms with E-state index in [1.54, 1.807) is 0 Å². The van der Waals surface area contributed by atoms with E-state index >= 15 is 0 Å². The molecule has 0 bridgehead atoms. The molecule has 2 aromatic rings. The maximum absolute atomic E-state index is 13.1. The van der Waals surface area contributed by atoms with Crippen molar-refractivity contribution in [1.29, 1.82) is 0 Å². The Bertz CT molecular complexity index is 949. The van der Waals surface area contributed by atoms with E-state index in [0.717, 1.165) is 25.0 Å². The van der Waals surface area contributed by atoms with Gasteiger partial charge in [0.25, 0.3) is 0 Å². The monoisotopic (exact) mass is 411 g/mol. The van der Waals surface area contributed by atoms with Crippen LogP contribution in [0.15, 0.2) is 18.2 Å². The van der Waals surface area contributed by atoms with Crippen LogP contribution in [0.1, 0.15) is 29.8 Å². The number of hydrogen-bond acceptors (Lipinski definition) is 5. The second-order valence-corrected chi connectivity index (χ2v) is 6.91. The van der Waals surface area contributed by atoms with E-state index in [4.69, 9.17) is 0 Å². The molecule has 0 unspecified atom stereocenters. The molecule has 3 rings (SSSR count). The molecule has 8 nitrogen and oxygen atoms in total. The topological polar surface area (TPSA) is 93.3 Å². The lowest BCUT2D eigenvalue weighted by atomic mass is 10.1. The molecule has 0 aliphatic carbocycles. The third-order valence-corrected chi connectivity index (χ3v) is 4.86. The summed E-state index contributed by atoms with van der Waals surface area (Å²) < 4.78 is 40.6. The summed E-state index contributed by atoms with van der Waals surface area (Å²) in [5.74, 6) is -0.620. The predicted molar refractivity (Wildman–Crippen MR) is 99.9 cm³/mol. The minimum absolute atomic E-state index is 0.0581. The van der Waals surface area contributed by atoms with Gasteiger partial charge in [0.15, 0.2) is 0 Å². The second-order valence-electron chi connectivity index (χ2n) is 6.91. The molecule has 1 aromatic heterocycles. The van der Waals surface area contributed by atoms with Gasteiger partial charge in [0, 0.05) is 13.1 Å². The van der Waals surface area contributed by atoms with Crippen molar-refractivity contribution >= 4 is 23.0 Å². The Morgan fingerprint density at radius 2 is 1.93 bits per heavy atom. The Kier molecular flexibility index (Phi) is 5.49. The summed E-state index contributed by atoms with van der Waals surface area (Å²) in [6.07, 6.45) is -2.70. The van der Waals surface area contributed by atoms with Crippen LogP contribution in [0, 0.1) is 24.0 Å². The van der Waals surface area contributed by atoms with Crippen LogP contribution in [0.2, 0.25) is 0 Å². The number of amides is 1. The number of halogens is 3. The van der Waals surface area contributed by atoms with Crippen LogP contribution in [0.5, 0.6) is 0 Å². The number of nitrogens with one attached hydrogen (secondary N) is 1. The molecule has 11 heteroatoms. The zero-order valence-electron chi connectivity index (χ0n) is 15.9. The fraction of sp³-hybridized carbons (Fsp3) is 0.444. The summed E-state index contributed by atoms with van der Waals surface area (Å²) in [7, 11) is 0. The molecule has 0 atom stereocenters. The number of anilines is 2. The summed E-state index contributed by atoms with van der Waals surface area (Å²) in [6, 6.07) is 3.26. The number of alkyl halides is 3. The van der Waals surface area contributed by atoms with E-state index in [1.165, 1.54) is 24.6 Å². The minimum atomic E-state index is -4.54. The van der Waals surface area contributed by atoms with Gasteiger partial charge in [-0.1, -0.05) is 0 Å². The first-order chi connectivity index (χ1) is 13.6. The Morgan fingerprint density at radius 3 is 2.48 bits per heavy atom. The van der Waals surface area contributed by atoms with Crippen molar-refractivity contribution in [2.75, 3.05) is 23.3 Å². The molecule has 1 fully saturated rings. The van der Waals surface area contributed by atoms with Crippen molar-refractivity contribution in [1.82, 2.24) is 9.78 Å². The van der Waals surface area contributed by atoms with Crippen LogP contribution in [0.25, 0.3) is 0 Å². The zero-order chi connectivity index (χ0) is 21.3. The quantitative estimate of drug-likeness (QED) is 0.599. The number of carbonyl (C=O) groups excluding carboxylic acids is 1. The Morgan fingerprint density at radius 1 is 1.28 bits per heavy atom. The van der Waals surface area contributed by atoms with Crippen LogP contribution in [0.4, 0.5) is 30.2 Å². The number of benzene rings is 1. The zero-order valence-corrected chi connectivity index (χ0v) is 15.9. The molecule has 1 aromatic carbocycles. The third kappa shape index (κ3) is 4.33. The molecule has 0 spiro atoms. The Hall–Kier alpha value is -3.11. The van der Waals surface area contributed by atoms with Gasteiger partial charge in [-0.05, 0) is 44.9 Å². The number of carbonyl (C=O) groups is 1. The van der Waals surface area contributed by atoms with Crippen molar-refractivity contribution in [3.8, 4) is 0 Å². The van der Waals surface area contributed by atoms with Crippen molar-refractivity contribution in [3.63, 3.8) is 0 Å². The fourth-order valence-corrected chi connectivity index (χ4v) is 3.48. The molecular weight excluding hydrogens is 391 g/mol. The SMILES string of the molecule is Cc1nn(CC(=O)Nc2cc(C(F)(F)F)ccc2N2CCCC2)c(C)c1[N+](=O)[O-]. The molecule has 1 aliphatic heterocycles. The van der Waals surface area contributed by atoms with Crippen LogP contribution < -0.4 is 10.2 Å². The average molecular weight is 411 g/mol. The van der Waals surface area contributed by atoms with Crippen molar-refractivity contribution in [2.24, 2.45) is 0 Å². The molecule has 0 radical (unpaired) electrons. The largest absolute Gasteiger partial charge is 0.416 e. The van der Waals surface area contributed by atoms with Gasteiger partial charge in [-0.25, -0.2) is 0 Å². The fourth-order valence-electron chi connectivity index (χ4n) is 3.48. The molecule has 2 heterocycles. The number of nitrogens with zero attached hydrogens (tertiary/aromatic N) is 4. The maximum Gasteiger partial charge on any atom is 0.416 e. The Balaban J connectivity index is 1.87. The highest BCUT2D eigenvalue weighted by atomic mass is 19.4. The number of nitro groups is 1. The van der Waals surface area contributed by atoms with Crippen LogP contribution in [-0.4, -0.2) is 33.7 Å². The van der Waals surface area contributed by atoms with E-state index in [-0.39, 0.29) is 29.3 Å². The van der Waals surface area contributed by atoms with Crippen molar-refractivity contribution in [3.05, 3.63) is 45.3 Å². The summed E-state index contributed by atoms with van der Waals surface area (Å²) >= 11 is 0. The molecule has 1 N–H and O–H groups in total. The van der Waals surface area contributed by atoms with Gasteiger partial charge in [-0.2, -0.15) is 18.3 Å². The molecule has 1 aliphatic rings. The van der Waals surface area contributed by atoms with E-state index < -0.39 is 22.6 Å². The minimum Gasteiger partial charge on any atom is -0.370 e. The highest BCUT2D eigenvalue weighted by molar-refractivity contribution is 5.94. The van der Waals surface area contributed by atoms with Crippen LogP contribution in [0.3, 0.4) is 0 Å². The smallest absolute Gasteiger partial charge is 0.370 e. The highest BCUT2D eigenvalue weighted by Gasteiger charge is 2.32. The third-order valence-electron chi connectivity index (χ3n) is 4.86. The standard InChI is InChI=1S/C18H20F3N5O3/c1-11-17(26(28)29)12(2)25(23-11)10-16(27)22-14-9-13(18(19,20)21)5-6-15(14)24-7-3-4-8-24/h5-6,9H,3-4,7-8,10H2,1-2H3,(H,22,27). The lowest BCUT2D eigenvalue weighted by molar-refractivity contribution is -0.386. The number of aryl methyl sites for hydroxylation is 1. The van der Waals surface area contributed by atoms with Gasteiger partial charge in [-0.3, -0.25) is 19.6 Å². The van der Waals surface area contributed by atoms with E-state index in [9.17, 15) is 28.1 Å². The first-order valence-electron chi connectivity index (χ1n) is 9.02. The van der Waals surface area contributed by atoms with Gasteiger partial charge < -0.3 is 10.2 Å². The van der Waals surface area contributed by atoms with Gasteiger partial charge >= 0.3 is 11.9 Å². The van der Waals surface area contributed by atoms with Crippen LogP contribution >= 0.6 is 0 Å². The van der Waals surface area contributed by atoms with Gasteiger partial charge in [-0.15, -0.1) is 0 Å². The first-order valence-corrected chi connectivity index (χ1v) is 9.02. The normalized spacial score (nSPS) is 14.3. The molecule has 1 amide bonds. The summed E-state index contributed by atoms with van der Waals surface area (Å²) in [6.45, 7) is 3.95. The summed E-state index contributed by atoms with van der Waals surface area (Å²) in [5, 5.41) is 17.6. The van der Waals surface area contributed by atoms with E-state index in [0.29, 0.717) is 18.8 Å². The second kappa shape index (κ2) is 7.72. The number of rotatable bonds is 5. The van der Waals surface area contributed by atoms with Crippen molar-refractivity contribution < 1.29 is 22.9 Å². The summed E-state index contributed by atoms with van der Waals surface area (Å²) in [5.41, 5.74) is -0.110. The molecule has 1 saturated heterocycles. The molecule has 0 saturated carbocycles. The molecule has 156 valence electrons. The van der Waals surface area contributed by atoms with Gasteiger partial charge in [0.05, 0.1) is 21.9 Å². The molecular formula is C18H20F3N5O3. The van der Waals surface area contributed by atoms with E-state index in [2.05, 4.69) is 10.4 Å². The van der Waals surface area contributed by atoms with Gasteiger partial charge in [0.2, 0.25) is 5.91 Å². The highest BCUT2D eigenvalue weighted by Crippen LogP contribution is 2.36. The maximum atomic E-state index is 13.1. The molecule has 29 heavy (non-hydrogen) atoms. The van der Waals surface area contributed by atoms with Crippen LogP contribution in [-0.2, 0) is 17.5 Å². The number of aromatic nitrogens is 2. The average Bonchev–Trinajstić information content (AvgIpc) is 3.22. The first kappa shape index (κ1) is 20.6.